The van der Waals surface area contributed by atoms with Crippen LogP contribution in [0.3, 0.4) is 0 Å². The number of nitrogens with zero attached hydrogens (tertiary/aromatic N) is 4. The molecule has 2 fully saturated rings. The summed E-state index contributed by atoms with van der Waals surface area (Å²) in [5, 5.41) is 2.92. The van der Waals surface area contributed by atoms with E-state index in [2.05, 4.69) is 15.3 Å². The highest BCUT2D eigenvalue weighted by Gasteiger charge is 2.35. The third kappa shape index (κ3) is 7.26. The van der Waals surface area contributed by atoms with Gasteiger partial charge in [-0.3, -0.25) is 14.7 Å². The third-order valence-corrected chi connectivity index (χ3v) is 7.53. The van der Waals surface area contributed by atoms with Crippen molar-refractivity contribution >= 4 is 29.1 Å². The predicted octanol–water partition coefficient (Wildman–Crippen LogP) is 5.83. The first-order valence-corrected chi connectivity index (χ1v) is 15.0. The Balaban J connectivity index is 1.22. The first kappa shape index (κ1) is 30.3. The maximum Gasteiger partial charge on any atom is 0.410 e. The first-order valence-electron chi connectivity index (χ1n) is 15.0. The summed E-state index contributed by atoms with van der Waals surface area (Å²) in [5.41, 5.74) is 2.63. The van der Waals surface area contributed by atoms with Crippen molar-refractivity contribution in [2.45, 2.75) is 90.5 Å². The van der Waals surface area contributed by atoms with Crippen LogP contribution in [0.4, 0.5) is 9.59 Å². The van der Waals surface area contributed by atoms with Gasteiger partial charge in [0.15, 0.2) is 0 Å². The van der Waals surface area contributed by atoms with Gasteiger partial charge in [-0.1, -0.05) is 12.1 Å². The summed E-state index contributed by atoms with van der Waals surface area (Å²) in [7, 11) is 0. The smallest absolute Gasteiger partial charge is 0.410 e. The van der Waals surface area contributed by atoms with E-state index in [1.807, 2.05) is 65.8 Å². The molecule has 0 saturated carbocycles. The van der Waals surface area contributed by atoms with Crippen LogP contribution in [0.2, 0.25) is 0 Å². The van der Waals surface area contributed by atoms with Gasteiger partial charge < -0.3 is 24.7 Å². The topological polar surface area (TPSA) is 130 Å². The fraction of sp³-hybridized carbons (Fsp3) is 0.531. The summed E-state index contributed by atoms with van der Waals surface area (Å²) in [5.74, 6) is 0.454. The van der Waals surface area contributed by atoms with Crippen LogP contribution < -0.4 is 5.32 Å². The van der Waals surface area contributed by atoms with Crippen LogP contribution in [0.15, 0.2) is 36.5 Å². The summed E-state index contributed by atoms with van der Waals surface area (Å²) in [6.07, 6.45) is 4.39. The van der Waals surface area contributed by atoms with Gasteiger partial charge in [0, 0.05) is 31.4 Å². The molecule has 2 aromatic heterocycles. The minimum atomic E-state index is -0.567. The quantitative estimate of drug-likeness (QED) is 0.383. The number of imidazole rings is 1. The molecular formula is C32H42N6O5. The molecule has 11 heteroatoms. The summed E-state index contributed by atoms with van der Waals surface area (Å²) < 4.78 is 11.1. The largest absolute Gasteiger partial charge is 0.444 e. The number of amides is 3. The Morgan fingerprint density at radius 2 is 1.56 bits per heavy atom. The van der Waals surface area contributed by atoms with Crippen LogP contribution >= 0.6 is 0 Å². The number of carbonyl (C=O) groups is 3. The zero-order valence-corrected chi connectivity index (χ0v) is 25.9. The van der Waals surface area contributed by atoms with Gasteiger partial charge in [0.2, 0.25) is 0 Å². The molecule has 2 aliphatic heterocycles. The Hall–Kier alpha value is -4.15. The van der Waals surface area contributed by atoms with E-state index >= 15 is 0 Å². The molecule has 11 nitrogen and oxygen atoms in total. The minimum Gasteiger partial charge on any atom is -0.444 e. The maximum atomic E-state index is 12.9. The van der Waals surface area contributed by atoms with Gasteiger partial charge in [0.25, 0.3) is 5.91 Å². The summed E-state index contributed by atoms with van der Waals surface area (Å²) in [6.45, 7) is 12.7. The van der Waals surface area contributed by atoms with Crippen LogP contribution in [0.25, 0.3) is 22.2 Å². The van der Waals surface area contributed by atoms with E-state index in [0.717, 1.165) is 53.7 Å². The monoisotopic (exact) mass is 590 g/mol. The van der Waals surface area contributed by atoms with Crippen LogP contribution in [0.5, 0.6) is 0 Å². The molecule has 0 spiro atoms. The van der Waals surface area contributed by atoms with E-state index in [4.69, 9.17) is 14.5 Å². The summed E-state index contributed by atoms with van der Waals surface area (Å²) in [6, 6.07) is 9.20. The second-order valence-electron chi connectivity index (χ2n) is 13.3. The normalized spacial score (nSPS) is 19.1. The number of benzene rings is 1. The lowest BCUT2D eigenvalue weighted by atomic mass is 10.1. The van der Waals surface area contributed by atoms with E-state index in [9.17, 15) is 14.4 Å². The zero-order chi connectivity index (χ0) is 30.9. The number of ether oxygens (including phenoxy) is 2. The summed E-state index contributed by atoms with van der Waals surface area (Å²) >= 11 is 0. The maximum absolute atomic E-state index is 12.9. The number of carbonyl (C=O) groups excluding carboxylic acids is 3. The molecule has 2 atom stereocenters. The van der Waals surface area contributed by atoms with Crippen LogP contribution in [-0.4, -0.2) is 79.7 Å². The number of aromatic nitrogens is 3. The molecule has 5 rings (SSSR count). The Kier molecular flexibility index (Phi) is 8.36. The molecule has 2 N–H and O–H groups in total. The number of pyridine rings is 1. The number of fused-ring (bicyclic) bond motifs is 1. The molecule has 1 unspecified atom stereocenters. The lowest BCUT2D eigenvalue weighted by molar-refractivity contribution is 0.0211. The van der Waals surface area contributed by atoms with Crippen LogP contribution in [0.1, 0.15) is 89.6 Å². The molecule has 0 radical (unpaired) electrons. The van der Waals surface area contributed by atoms with E-state index in [-0.39, 0.29) is 30.2 Å². The highest BCUT2D eigenvalue weighted by molar-refractivity contribution is 5.92. The lowest BCUT2D eigenvalue weighted by Gasteiger charge is -2.28. The van der Waals surface area contributed by atoms with Gasteiger partial charge in [-0.2, -0.15) is 0 Å². The average molecular weight is 591 g/mol. The SMILES string of the molecule is CC(C)(C)OC(=O)N1CCCC1CNC(=O)c1ccc(-c2ccc3nc([C@@H]4CCCN4C(=O)OC(C)(C)C)[nH]c3c2)cn1. The molecule has 1 aromatic carbocycles. The van der Waals surface area contributed by atoms with Gasteiger partial charge in [0.1, 0.15) is 22.7 Å². The Morgan fingerprint density at radius 3 is 2.23 bits per heavy atom. The number of nitrogens with one attached hydrogen (secondary N) is 2. The van der Waals surface area contributed by atoms with Crippen LogP contribution in [-0.2, 0) is 9.47 Å². The van der Waals surface area contributed by atoms with E-state index < -0.39 is 11.2 Å². The van der Waals surface area contributed by atoms with Crippen molar-refractivity contribution in [3.63, 3.8) is 0 Å². The Bertz CT molecular complexity index is 1490. The average Bonchev–Trinajstić information content (AvgIpc) is 3.68. The summed E-state index contributed by atoms with van der Waals surface area (Å²) in [4.78, 5) is 54.2. The van der Waals surface area contributed by atoms with Crippen molar-refractivity contribution in [3.05, 3.63) is 48.0 Å². The van der Waals surface area contributed by atoms with Crippen molar-refractivity contribution < 1.29 is 23.9 Å². The molecule has 43 heavy (non-hydrogen) atoms. The predicted molar refractivity (Wildman–Crippen MR) is 163 cm³/mol. The Morgan fingerprint density at radius 1 is 0.907 bits per heavy atom. The van der Waals surface area contributed by atoms with Gasteiger partial charge in [-0.15, -0.1) is 0 Å². The first-order chi connectivity index (χ1) is 20.3. The van der Waals surface area contributed by atoms with Gasteiger partial charge >= 0.3 is 12.2 Å². The minimum absolute atomic E-state index is 0.107. The van der Waals surface area contributed by atoms with Crippen molar-refractivity contribution in [2.75, 3.05) is 19.6 Å². The van der Waals surface area contributed by atoms with Crippen molar-refractivity contribution in [3.8, 4) is 11.1 Å². The molecule has 2 saturated heterocycles. The van der Waals surface area contributed by atoms with E-state index in [0.29, 0.717) is 25.3 Å². The van der Waals surface area contributed by atoms with Gasteiger partial charge in [0.05, 0.1) is 23.1 Å². The number of rotatable bonds is 5. The fourth-order valence-electron chi connectivity index (χ4n) is 5.57. The van der Waals surface area contributed by atoms with E-state index in [1.165, 1.54) is 0 Å². The molecule has 4 heterocycles. The number of likely N-dealkylation sites (tertiary alicyclic amines) is 2. The number of H-pyrrole nitrogens is 1. The second-order valence-corrected chi connectivity index (χ2v) is 13.3. The molecule has 2 aliphatic rings. The van der Waals surface area contributed by atoms with Crippen molar-refractivity contribution in [1.29, 1.82) is 0 Å². The molecule has 230 valence electrons. The highest BCUT2D eigenvalue weighted by Crippen LogP contribution is 2.33. The van der Waals surface area contributed by atoms with Crippen LogP contribution in [0, 0.1) is 0 Å². The standard InChI is InChI=1S/C32H42N6O5/c1-31(2,3)42-29(40)37-15-7-9-22(37)19-34-28(39)24-14-12-21(18-33-24)20-11-13-23-25(17-20)36-27(35-23)26-10-8-16-38(26)30(41)43-32(4,5)6/h11-14,17-18,22,26H,7-10,15-16,19H2,1-6H3,(H,34,39)(H,35,36)/t22?,26-/m0/s1. The fourth-order valence-corrected chi connectivity index (χ4v) is 5.57. The molecular weight excluding hydrogens is 548 g/mol. The number of hydrogen-bond donors (Lipinski definition) is 2. The zero-order valence-electron chi connectivity index (χ0n) is 25.9. The Labute approximate surface area is 252 Å². The van der Waals surface area contributed by atoms with Crippen molar-refractivity contribution in [1.82, 2.24) is 30.1 Å². The number of aromatic amines is 1. The van der Waals surface area contributed by atoms with Gasteiger partial charge in [-0.05, 0) is 91.0 Å². The second kappa shape index (κ2) is 11.9. The molecule has 0 aliphatic carbocycles. The van der Waals surface area contributed by atoms with Gasteiger partial charge in [-0.25, -0.2) is 14.6 Å². The lowest BCUT2D eigenvalue weighted by Crippen LogP contribution is -2.45. The molecule has 3 amide bonds. The molecule has 0 bridgehead atoms. The highest BCUT2D eigenvalue weighted by atomic mass is 16.6. The van der Waals surface area contributed by atoms with E-state index in [1.54, 1.807) is 22.1 Å². The third-order valence-electron chi connectivity index (χ3n) is 7.53. The molecule has 3 aromatic rings. The van der Waals surface area contributed by atoms with Crippen molar-refractivity contribution in [2.24, 2.45) is 0 Å². The number of hydrogen-bond acceptors (Lipinski definition) is 7.